The summed E-state index contributed by atoms with van der Waals surface area (Å²) in [5, 5.41) is 8.98. The Morgan fingerprint density at radius 2 is 1.94 bits per heavy atom. The number of hydrogen-bond acceptors (Lipinski definition) is 4. The second-order valence-corrected chi connectivity index (χ2v) is 7.82. The lowest BCUT2D eigenvalue weighted by atomic mass is 9.99. The van der Waals surface area contributed by atoms with Crippen LogP contribution < -0.4 is 10.1 Å². The number of alkyl halides is 3. The van der Waals surface area contributed by atoms with Crippen molar-refractivity contribution in [3.63, 3.8) is 0 Å². The van der Waals surface area contributed by atoms with Crippen LogP contribution >= 0.6 is 0 Å². The lowest BCUT2D eigenvalue weighted by Crippen LogP contribution is -2.35. The van der Waals surface area contributed by atoms with Crippen LogP contribution in [0.4, 0.5) is 18.0 Å². The number of fused-ring (bicyclic) bond motifs is 4. The van der Waals surface area contributed by atoms with Gasteiger partial charge in [-0.2, -0.15) is 23.0 Å². The molecule has 2 aromatic heterocycles. The number of carbonyl (C=O) groups is 1. The van der Waals surface area contributed by atoms with E-state index in [1.807, 2.05) is 38.1 Å². The SMILES string of the molecule is Cc1nc2ccccc2c2c1c(C)nn2C(=O)N[C@H]1CCOc2cc(C(F)(F)F)ccc21. The number of hydrogen-bond donors (Lipinski definition) is 1. The summed E-state index contributed by atoms with van der Waals surface area (Å²) in [5.74, 6) is 0.128. The maximum atomic E-state index is 13.3. The van der Waals surface area contributed by atoms with Crippen LogP contribution in [0.1, 0.15) is 35.0 Å². The Hall–Kier alpha value is -3.62. The van der Waals surface area contributed by atoms with Gasteiger partial charge in [0.1, 0.15) is 5.75 Å². The molecule has 3 heterocycles. The fraction of sp³-hybridized carbons (Fsp3) is 0.261. The van der Waals surface area contributed by atoms with Crippen molar-refractivity contribution in [2.24, 2.45) is 0 Å². The lowest BCUT2D eigenvalue weighted by Gasteiger charge is -2.27. The number of ether oxygens (including phenoxy) is 1. The maximum Gasteiger partial charge on any atom is 0.416 e. The van der Waals surface area contributed by atoms with Gasteiger partial charge in [-0.25, -0.2) is 4.79 Å². The van der Waals surface area contributed by atoms with E-state index in [1.54, 1.807) is 0 Å². The van der Waals surface area contributed by atoms with E-state index >= 15 is 0 Å². The first-order valence-electron chi connectivity index (χ1n) is 10.1. The summed E-state index contributed by atoms with van der Waals surface area (Å²) >= 11 is 0. The molecule has 0 saturated heterocycles. The fourth-order valence-electron chi connectivity index (χ4n) is 4.29. The summed E-state index contributed by atoms with van der Waals surface area (Å²) in [7, 11) is 0. The van der Waals surface area contributed by atoms with Crippen LogP contribution in [-0.4, -0.2) is 27.4 Å². The summed E-state index contributed by atoms with van der Waals surface area (Å²) < 4.78 is 45.9. The number of nitrogens with zero attached hydrogens (tertiary/aromatic N) is 3. The van der Waals surface area contributed by atoms with Gasteiger partial charge in [-0.15, -0.1) is 0 Å². The van der Waals surface area contributed by atoms with Crippen LogP contribution in [0.2, 0.25) is 0 Å². The number of pyridine rings is 1. The van der Waals surface area contributed by atoms with Gasteiger partial charge in [-0.05, 0) is 32.0 Å². The highest BCUT2D eigenvalue weighted by molar-refractivity contribution is 6.08. The Morgan fingerprint density at radius 1 is 1.16 bits per heavy atom. The largest absolute Gasteiger partial charge is 0.493 e. The zero-order valence-corrected chi connectivity index (χ0v) is 17.3. The topological polar surface area (TPSA) is 69.0 Å². The minimum absolute atomic E-state index is 0.128. The second kappa shape index (κ2) is 7.22. The van der Waals surface area contributed by atoms with Gasteiger partial charge in [-0.3, -0.25) is 4.98 Å². The summed E-state index contributed by atoms with van der Waals surface area (Å²) in [4.78, 5) is 17.9. The van der Waals surface area contributed by atoms with Crippen molar-refractivity contribution in [1.29, 1.82) is 0 Å². The van der Waals surface area contributed by atoms with E-state index in [-0.39, 0.29) is 12.4 Å². The third kappa shape index (κ3) is 3.24. The highest BCUT2D eigenvalue weighted by Gasteiger charge is 2.33. The monoisotopic (exact) mass is 440 g/mol. The lowest BCUT2D eigenvalue weighted by molar-refractivity contribution is -0.137. The molecule has 1 aliphatic heterocycles. The molecule has 2 aromatic carbocycles. The standard InChI is InChI=1S/C23H19F3N4O2/c1-12-20-13(2)29-30(21(20)16-5-3-4-6-17(16)27-12)22(31)28-18-9-10-32-19-11-14(23(24,25)26)7-8-15(18)19/h3-8,11,18H,9-10H2,1-2H3,(H,28,31)/t18-/m0/s1. The molecule has 6 nitrogen and oxygen atoms in total. The van der Waals surface area contributed by atoms with Gasteiger partial charge in [0, 0.05) is 28.5 Å². The van der Waals surface area contributed by atoms with Crippen LogP contribution in [0.3, 0.4) is 0 Å². The average Bonchev–Trinajstić information content (AvgIpc) is 3.11. The van der Waals surface area contributed by atoms with Crippen molar-refractivity contribution < 1.29 is 22.7 Å². The number of halogens is 3. The smallest absolute Gasteiger partial charge is 0.416 e. The van der Waals surface area contributed by atoms with Crippen molar-refractivity contribution in [2.75, 3.05) is 6.61 Å². The molecule has 4 aromatic rings. The molecule has 1 atom stereocenters. The molecule has 1 amide bonds. The number of amides is 1. The van der Waals surface area contributed by atoms with E-state index in [4.69, 9.17) is 4.74 Å². The number of rotatable bonds is 1. The zero-order valence-electron chi connectivity index (χ0n) is 17.3. The molecule has 164 valence electrons. The molecule has 32 heavy (non-hydrogen) atoms. The molecule has 0 spiro atoms. The van der Waals surface area contributed by atoms with Gasteiger partial charge in [0.25, 0.3) is 0 Å². The molecule has 0 aliphatic carbocycles. The molecule has 0 saturated carbocycles. The molecule has 1 N–H and O–H groups in total. The first-order valence-corrected chi connectivity index (χ1v) is 10.1. The first kappa shape index (κ1) is 20.3. The third-order valence-electron chi connectivity index (χ3n) is 5.74. The van der Waals surface area contributed by atoms with E-state index < -0.39 is 23.8 Å². The average molecular weight is 440 g/mol. The van der Waals surface area contributed by atoms with Gasteiger partial charge >= 0.3 is 12.2 Å². The van der Waals surface area contributed by atoms with Crippen molar-refractivity contribution in [1.82, 2.24) is 20.1 Å². The van der Waals surface area contributed by atoms with E-state index in [1.165, 1.54) is 10.7 Å². The normalized spacial score (nSPS) is 16.1. The van der Waals surface area contributed by atoms with Crippen molar-refractivity contribution in [2.45, 2.75) is 32.5 Å². The fourth-order valence-corrected chi connectivity index (χ4v) is 4.29. The van der Waals surface area contributed by atoms with Crippen molar-refractivity contribution >= 4 is 27.8 Å². The second-order valence-electron chi connectivity index (χ2n) is 7.82. The van der Waals surface area contributed by atoms with Crippen LogP contribution in [0.15, 0.2) is 42.5 Å². The predicted octanol–water partition coefficient (Wildman–Crippen LogP) is 5.30. The Balaban J connectivity index is 1.55. The van der Waals surface area contributed by atoms with Crippen molar-refractivity contribution in [3.8, 4) is 5.75 Å². The molecule has 0 unspecified atom stereocenters. The molecule has 5 rings (SSSR count). The highest BCUT2D eigenvalue weighted by atomic mass is 19.4. The Kier molecular flexibility index (Phi) is 4.58. The Bertz CT molecular complexity index is 1380. The number of para-hydroxylation sites is 1. The highest BCUT2D eigenvalue weighted by Crippen LogP contribution is 2.38. The minimum atomic E-state index is -4.47. The van der Waals surface area contributed by atoms with E-state index in [0.717, 1.165) is 34.1 Å². The van der Waals surface area contributed by atoms with Gasteiger partial charge in [0.2, 0.25) is 0 Å². The van der Waals surface area contributed by atoms with Crippen LogP contribution in [0, 0.1) is 13.8 Å². The molecular weight excluding hydrogens is 421 g/mol. The van der Waals surface area contributed by atoms with Crippen molar-refractivity contribution in [3.05, 3.63) is 65.0 Å². The van der Waals surface area contributed by atoms with Gasteiger partial charge in [0.05, 0.1) is 34.9 Å². The van der Waals surface area contributed by atoms with E-state index in [0.29, 0.717) is 23.2 Å². The van der Waals surface area contributed by atoms with Gasteiger partial charge < -0.3 is 10.1 Å². The summed E-state index contributed by atoms with van der Waals surface area (Å²) in [6, 6.07) is 9.89. The van der Waals surface area contributed by atoms with E-state index in [2.05, 4.69) is 15.4 Å². The quantitative estimate of drug-likeness (QED) is 0.436. The number of benzene rings is 2. The summed E-state index contributed by atoms with van der Waals surface area (Å²) in [6.07, 6.45) is -4.03. The molecule has 0 fully saturated rings. The number of aromatic nitrogens is 3. The van der Waals surface area contributed by atoms with E-state index in [9.17, 15) is 18.0 Å². The molecule has 0 radical (unpaired) electrons. The first-order chi connectivity index (χ1) is 15.2. The van der Waals surface area contributed by atoms with Gasteiger partial charge in [0.15, 0.2) is 0 Å². The maximum absolute atomic E-state index is 13.3. The number of carbonyl (C=O) groups excluding carboxylic acids is 1. The molecular formula is C23H19F3N4O2. The zero-order chi connectivity index (χ0) is 22.6. The summed E-state index contributed by atoms with van der Waals surface area (Å²) in [6.45, 7) is 3.89. The van der Waals surface area contributed by atoms with Crippen LogP contribution in [0.5, 0.6) is 5.75 Å². The third-order valence-corrected chi connectivity index (χ3v) is 5.74. The predicted molar refractivity (Wildman–Crippen MR) is 113 cm³/mol. The van der Waals surface area contributed by atoms with Crippen LogP contribution in [0.25, 0.3) is 21.8 Å². The minimum Gasteiger partial charge on any atom is -0.493 e. The Morgan fingerprint density at radius 3 is 2.72 bits per heavy atom. The van der Waals surface area contributed by atoms with Crippen LogP contribution in [-0.2, 0) is 6.18 Å². The molecule has 0 bridgehead atoms. The molecule has 9 heteroatoms. The van der Waals surface area contributed by atoms with Gasteiger partial charge in [-0.1, -0.05) is 24.3 Å². The molecule has 1 aliphatic rings. The Labute approximate surface area is 181 Å². The summed E-state index contributed by atoms with van der Waals surface area (Å²) in [5.41, 5.74) is 2.57. The number of aryl methyl sites for hydroxylation is 2. The number of nitrogens with one attached hydrogen (secondary N) is 1.